The molecule has 2 N–H and O–H groups in total. The van der Waals surface area contributed by atoms with Gasteiger partial charge in [0.25, 0.3) is 5.56 Å². The van der Waals surface area contributed by atoms with Crippen molar-refractivity contribution >= 4 is 11.4 Å². The number of hydrazone groups is 1. The van der Waals surface area contributed by atoms with Gasteiger partial charge in [0.05, 0.1) is 11.8 Å². The van der Waals surface area contributed by atoms with Crippen molar-refractivity contribution in [2.24, 2.45) is 19.2 Å². The highest BCUT2D eigenvalue weighted by Gasteiger charge is 2.27. The van der Waals surface area contributed by atoms with Gasteiger partial charge in [0.15, 0.2) is 0 Å². The Bertz CT molecular complexity index is 984. The summed E-state index contributed by atoms with van der Waals surface area (Å²) in [5, 5.41) is 14.5. The monoisotopic (exact) mass is 371 g/mol. The van der Waals surface area contributed by atoms with Crippen LogP contribution in [0.25, 0.3) is 0 Å². The highest BCUT2D eigenvalue weighted by atomic mass is 16.3. The van der Waals surface area contributed by atoms with Crippen molar-refractivity contribution < 1.29 is 5.11 Å². The van der Waals surface area contributed by atoms with Gasteiger partial charge in [-0.05, 0) is 31.5 Å². The summed E-state index contributed by atoms with van der Waals surface area (Å²) in [6.45, 7) is 6.13. The summed E-state index contributed by atoms with van der Waals surface area (Å²) in [5.74, 6) is -0.360. The fourth-order valence-electron chi connectivity index (χ4n) is 3.38. The molecule has 0 unspecified atom stereocenters. The summed E-state index contributed by atoms with van der Waals surface area (Å²) >= 11 is 0. The van der Waals surface area contributed by atoms with Crippen LogP contribution in [0.15, 0.2) is 39.0 Å². The van der Waals surface area contributed by atoms with E-state index in [2.05, 4.69) is 41.4 Å². The molecule has 0 spiro atoms. The zero-order chi connectivity index (χ0) is 19.7. The first-order valence-electron chi connectivity index (χ1n) is 9.05. The van der Waals surface area contributed by atoms with Crippen molar-refractivity contribution in [1.82, 2.24) is 14.6 Å². The van der Waals surface area contributed by atoms with Gasteiger partial charge >= 0.3 is 5.69 Å². The van der Waals surface area contributed by atoms with Gasteiger partial charge in [-0.3, -0.25) is 13.9 Å². The van der Waals surface area contributed by atoms with Crippen molar-refractivity contribution in [2.75, 3.05) is 18.0 Å². The van der Waals surface area contributed by atoms with Crippen LogP contribution >= 0.6 is 0 Å². The second kappa shape index (κ2) is 7.30. The number of aromatic hydroxyl groups is 1. The molecule has 0 amide bonds. The van der Waals surface area contributed by atoms with Crippen LogP contribution in [0.2, 0.25) is 0 Å². The lowest BCUT2D eigenvalue weighted by Gasteiger charge is -2.21. The van der Waals surface area contributed by atoms with Crippen molar-refractivity contribution in [2.45, 2.75) is 26.3 Å². The first-order valence-corrected chi connectivity index (χ1v) is 9.05. The molecule has 0 bridgehead atoms. The van der Waals surface area contributed by atoms with E-state index < -0.39 is 11.2 Å². The number of benzene rings is 1. The van der Waals surface area contributed by atoms with Crippen LogP contribution in [0.4, 0.5) is 5.69 Å². The normalized spacial score (nSPS) is 16.1. The van der Waals surface area contributed by atoms with Gasteiger partial charge in [-0.2, -0.15) is 5.10 Å². The van der Waals surface area contributed by atoms with Gasteiger partial charge in [-0.1, -0.05) is 12.1 Å². The predicted octanol–water partition coefficient (Wildman–Crippen LogP) is 1.07. The van der Waals surface area contributed by atoms with Crippen molar-refractivity contribution in [1.29, 1.82) is 0 Å². The number of nitrogens with zero attached hydrogens (tertiary/aromatic N) is 4. The number of anilines is 1. The van der Waals surface area contributed by atoms with Gasteiger partial charge in [-0.25, -0.2) is 4.79 Å². The highest BCUT2D eigenvalue weighted by Crippen LogP contribution is 2.27. The van der Waals surface area contributed by atoms with Crippen molar-refractivity contribution in [3.8, 4) is 5.88 Å². The summed E-state index contributed by atoms with van der Waals surface area (Å²) in [6, 6.07) is 8.15. The van der Waals surface area contributed by atoms with Crippen LogP contribution in [0, 0.1) is 0 Å². The maximum Gasteiger partial charge on any atom is 0.333 e. The topological polar surface area (TPSA) is 91.9 Å². The van der Waals surface area contributed by atoms with Gasteiger partial charge in [0, 0.05) is 39.3 Å². The van der Waals surface area contributed by atoms with E-state index in [-0.39, 0.29) is 17.5 Å². The first kappa shape index (κ1) is 18.8. The Morgan fingerprint density at radius 3 is 2.37 bits per heavy atom. The maximum absolute atomic E-state index is 12.5. The predicted molar refractivity (Wildman–Crippen MR) is 106 cm³/mol. The van der Waals surface area contributed by atoms with Gasteiger partial charge in [0.2, 0.25) is 5.88 Å². The Balaban J connectivity index is 1.86. The second-order valence-electron chi connectivity index (χ2n) is 6.61. The molecular weight excluding hydrogens is 346 g/mol. The Labute approximate surface area is 157 Å². The fourth-order valence-corrected chi connectivity index (χ4v) is 3.38. The van der Waals surface area contributed by atoms with Crippen LogP contribution in [-0.2, 0) is 14.1 Å². The molecule has 8 nitrogen and oxygen atoms in total. The molecule has 2 aromatic rings. The average molecular weight is 371 g/mol. The quantitative estimate of drug-likeness (QED) is 0.820. The van der Waals surface area contributed by atoms with E-state index >= 15 is 0 Å². The molecule has 8 heteroatoms. The SMILES string of the molecule is CCN(CC)c1ccc([C@@H]2CC(c3c(O)n(C)c(=O)n(C)c3=O)=NN2)cc1. The standard InChI is InChI=1S/C19H25N5O3/c1-5-24(6-2)13-9-7-12(8-10-13)14-11-15(21-20-14)16-17(25)22(3)19(27)23(4)18(16)26/h7-10,14,20,25H,5-6,11H2,1-4H3/t14-/m0/s1. The Morgan fingerprint density at radius 2 is 1.78 bits per heavy atom. The molecule has 1 aromatic heterocycles. The van der Waals surface area contributed by atoms with Gasteiger partial charge in [-0.15, -0.1) is 0 Å². The van der Waals surface area contributed by atoms with Crippen LogP contribution in [0.1, 0.15) is 37.4 Å². The number of aromatic nitrogens is 2. The third-order valence-corrected chi connectivity index (χ3v) is 5.10. The zero-order valence-electron chi connectivity index (χ0n) is 16.1. The summed E-state index contributed by atoms with van der Waals surface area (Å²) < 4.78 is 2.02. The summed E-state index contributed by atoms with van der Waals surface area (Å²) in [5.41, 5.74) is 4.63. The molecule has 1 atom stereocenters. The average Bonchev–Trinajstić information content (AvgIpc) is 3.16. The molecule has 0 aliphatic carbocycles. The largest absolute Gasteiger partial charge is 0.494 e. The molecular formula is C19H25N5O3. The van der Waals surface area contributed by atoms with E-state index in [1.54, 1.807) is 0 Å². The molecule has 144 valence electrons. The van der Waals surface area contributed by atoms with Crippen LogP contribution < -0.4 is 21.6 Å². The van der Waals surface area contributed by atoms with Crippen LogP contribution in [-0.4, -0.2) is 33.0 Å². The van der Waals surface area contributed by atoms with Crippen LogP contribution in [0.5, 0.6) is 5.88 Å². The molecule has 0 saturated carbocycles. The first-order chi connectivity index (χ1) is 12.9. The number of hydrogen-bond acceptors (Lipinski definition) is 6. The molecule has 0 radical (unpaired) electrons. The third-order valence-electron chi connectivity index (χ3n) is 5.10. The molecule has 1 aliphatic rings. The van der Waals surface area contributed by atoms with Crippen molar-refractivity contribution in [3.05, 3.63) is 56.2 Å². The zero-order valence-corrected chi connectivity index (χ0v) is 16.1. The van der Waals surface area contributed by atoms with Gasteiger partial charge < -0.3 is 15.4 Å². The summed E-state index contributed by atoms with van der Waals surface area (Å²) in [7, 11) is 2.81. The molecule has 3 rings (SSSR count). The third kappa shape index (κ3) is 3.22. The second-order valence-corrected chi connectivity index (χ2v) is 6.61. The van der Waals surface area contributed by atoms with E-state index in [0.29, 0.717) is 12.1 Å². The molecule has 1 aliphatic heterocycles. The summed E-state index contributed by atoms with van der Waals surface area (Å²) in [6.07, 6.45) is 0.450. The maximum atomic E-state index is 12.5. The minimum absolute atomic E-state index is 0.0642. The van der Waals surface area contributed by atoms with Crippen molar-refractivity contribution in [3.63, 3.8) is 0 Å². The van der Waals surface area contributed by atoms with E-state index in [4.69, 9.17) is 0 Å². The van der Waals surface area contributed by atoms with E-state index in [0.717, 1.165) is 33.5 Å². The molecule has 27 heavy (non-hydrogen) atoms. The highest BCUT2D eigenvalue weighted by molar-refractivity contribution is 6.03. The van der Waals surface area contributed by atoms with Crippen LogP contribution in [0.3, 0.4) is 0 Å². The Morgan fingerprint density at radius 1 is 1.15 bits per heavy atom. The minimum Gasteiger partial charge on any atom is -0.494 e. The molecule has 0 saturated heterocycles. The molecule has 0 fully saturated rings. The fraction of sp³-hybridized carbons (Fsp3) is 0.421. The van der Waals surface area contributed by atoms with E-state index in [9.17, 15) is 14.7 Å². The molecule has 1 aromatic carbocycles. The number of rotatable bonds is 5. The lowest BCUT2D eigenvalue weighted by atomic mass is 9.99. The number of hydrogen-bond donors (Lipinski definition) is 2. The number of nitrogens with one attached hydrogen (secondary N) is 1. The summed E-state index contributed by atoms with van der Waals surface area (Å²) in [4.78, 5) is 26.6. The Hall–Kier alpha value is -3.03. The molecule has 2 heterocycles. The Kier molecular flexibility index (Phi) is 5.07. The lowest BCUT2D eigenvalue weighted by Crippen LogP contribution is -2.39. The van der Waals surface area contributed by atoms with E-state index in [1.165, 1.54) is 14.1 Å². The smallest absolute Gasteiger partial charge is 0.333 e. The van der Waals surface area contributed by atoms with Gasteiger partial charge in [0.1, 0.15) is 5.56 Å². The lowest BCUT2D eigenvalue weighted by molar-refractivity contribution is 0.410. The van der Waals surface area contributed by atoms with E-state index in [1.807, 2.05) is 12.1 Å². The minimum atomic E-state index is -0.573.